The van der Waals surface area contributed by atoms with Gasteiger partial charge in [0.05, 0.1) is 18.2 Å². The van der Waals surface area contributed by atoms with Gasteiger partial charge >= 0.3 is 5.97 Å². The van der Waals surface area contributed by atoms with E-state index in [9.17, 15) is 9.59 Å². The fourth-order valence-electron chi connectivity index (χ4n) is 3.01. The molecule has 1 aromatic heterocycles. The number of carbonyl (C=O) groups is 2. The third kappa shape index (κ3) is 4.62. The molecule has 27 heavy (non-hydrogen) atoms. The predicted octanol–water partition coefficient (Wildman–Crippen LogP) is 2.26. The molecular weight excluding hydrogens is 344 g/mol. The van der Waals surface area contributed by atoms with E-state index in [-0.39, 0.29) is 5.91 Å². The minimum absolute atomic E-state index is 0.240. The summed E-state index contributed by atoms with van der Waals surface area (Å²) in [4.78, 5) is 32.9. The molecule has 1 aliphatic rings. The highest BCUT2D eigenvalue weighted by atomic mass is 16.5. The minimum Gasteiger partial charge on any atom is -0.465 e. The number of esters is 1. The Balaban J connectivity index is 1.60. The van der Waals surface area contributed by atoms with Crippen molar-refractivity contribution in [2.45, 2.75) is 6.92 Å². The van der Waals surface area contributed by atoms with Crippen molar-refractivity contribution in [1.82, 2.24) is 9.88 Å². The topological polar surface area (TPSA) is 74.8 Å². The van der Waals surface area contributed by atoms with Gasteiger partial charge in [0.15, 0.2) is 0 Å². The van der Waals surface area contributed by atoms with E-state index in [0.29, 0.717) is 16.8 Å². The largest absolute Gasteiger partial charge is 0.465 e. The number of methoxy groups -OCH3 is 1. The summed E-state index contributed by atoms with van der Waals surface area (Å²) in [6.45, 7) is 7.19. The van der Waals surface area contributed by atoms with E-state index in [1.165, 1.54) is 7.11 Å². The molecule has 0 saturated carbocycles. The van der Waals surface area contributed by atoms with E-state index >= 15 is 0 Å². The lowest BCUT2D eigenvalue weighted by atomic mass is 10.2. The molecule has 2 heterocycles. The first-order chi connectivity index (χ1) is 13.1. The monoisotopic (exact) mass is 368 g/mol. The van der Waals surface area contributed by atoms with Crippen LogP contribution in [0.15, 0.2) is 42.6 Å². The number of hydrogen-bond donors (Lipinski definition) is 1. The summed E-state index contributed by atoms with van der Waals surface area (Å²) in [7, 11) is 1.33. The number of amides is 1. The van der Waals surface area contributed by atoms with Crippen LogP contribution >= 0.6 is 0 Å². The Bertz CT molecular complexity index is 782. The molecule has 1 saturated heterocycles. The number of ether oxygens (including phenoxy) is 1. The standard InChI is InChI=1S/C20H24N4O3/c1-3-23-10-12-24(13-11-23)18-9-6-16(14-21-18)19(25)22-17-7-4-15(5-8-17)20(26)27-2/h4-9,14H,3,10-13H2,1-2H3,(H,22,25). The molecule has 1 aromatic carbocycles. The van der Waals surface area contributed by atoms with Crippen molar-refractivity contribution in [3.05, 3.63) is 53.7 Å². The van der Waals surface area contributed by atoms with E-state index < -0.39 is 5.97 Å². The summed E-state index contributed by atoms with van der Waals surface area (Å²) in [5, 5.41) is 2.80. The van der Waals surface area contributed by atoms with Crippen LogP contribution in [0.1, 0.15) is 27.6 Å². The van der Waals surface area contributed by atoms with E-state index in [0.717, 1.165) is 38.5 Å². The Labute approximate surface area is 158 Å². The van der Waals surface area contributed by atoms with Crippen LogP contribution in [0.4, 0.5) is 11.5 Å². The van der Waals surface area contributed by atoms with Gasteiger partial charge in [-0.25, -0.2) is 9.78 Å². The molecule has 0 aliphatic carbocycles. The Kier molecular flexibility index (Phi) is 6.03. The maximum atomic E-state index is 12.4. The van der Waals surface area contributed by atoms with E-state index in [1.54, 1.807) is 36.5 Å². The summed E-state index contributed by atoms with van der Waals surface area (Å²) in [6.07, 6.45) is 1.60. The maximum Gasteiger partial charge on any atom is 0.337 e. The Hall–Kier alpha value is -2.93. The zero-order valence-corrected chi connectivity index (χ0v) is 15.6. The molecular formula is C20H24N4O3. The van der Waals surface area contributed by atoms with Crippen LogP contribution in [0, 0.1) is 0 Å². The number of nitrogens with one attached hydrogen (secondary N) is 1. The van der Waals surface area contributed by atoms with Gasteiger partial charge < -0.3 is 19.9 Å². The van der Waals surface area contributed by atoms with E-state index in [1.807, 2.05) is 6.07 Å². The lowest BCUT2D eigenvalue weighted by molar-refractivity contribution is 0.0600. The van der Waals surface area contributed by atoms with Gasteiger partial charge in [0.25, 0.3) is 5.91 Å². The minimum atomic E-state index is -0.410. The number of pyridine rings is 1. The number of carbonyl (C=O) groups excluding carboxylic acids is 2. The first-order valence-corrected chi connectivity index (χ1v) is 9.04. The van der Waals surface area contributed by atoms with Crippen molar-refractivity contribution in [2.75, 3.05) is 50.1 Å². The quantitative estimate of drug-likeness (QED) is 0.816. The molecule has 7 nitrogen and oxygen atoms in total. The second kappa shape index (κ2) is 8.64. The fraction of sp³-hybridized carbons (Fsp3) is 0.350. The van der Waals surface area contributed by atoms with Crippen molar-refractivity contribution in [3.8, 4) is 0 Å². The zero-order chi connectivity index (χ0) is 19.2. The third-order valence-electron chi connectivity index (χ3n) is 4.72. The normalized spacial score (nSPS) is 14.7. The zero-order valence-electron chi connectivity index (χ0n) is 15.6. The van der Waals surface area contributed by atoms with Crippen molar-refractivity contribution >= 4 is 23.4 Å². The van der Waals surface area contributed by atoms with Crippen molar-refractivity contribution in [2.24, 2.45) is 0 Å². The highest BCUT2D eigenvalue weighted by Crippen LogP contribution is 2.16. The Morgan fingerprint density at radius 2 is 1.70 bits per heavy atom. The van der Waals surface area contributed by atoms with Crippen LogP contribution in [0.3, 0.4) is 0 Å². The second-order valence-electron chi connectivity index (χ2n) is 6.35. The Morgan fingerprint density at radius 1 is 1.04 bits per heavy atom. The number of nitrogens with zero attached hydrogens (tertiary/aromatic N) is 3. The molecule has 142 valence electrons. The number of aromatic nitrogens is 1. The molecule has 2 aromatic rings. The lowest BCUT2D eigenvalue weighted by Crippen LogP contribution is -2.46. The molecule has 1 fully saturated rings. The van der Waals surface area contributed by atoms with E-state index in [4.69, 9.17) is 0 Å². The molecule has 1 N–H and O–H groups in total. The average Bonchev–Trinajstić information content (AvgIpc) is 2.74. The number of hydrogen-bond acceptors (Lipinski definition) is 6. The van der Waals surface area contributed by atoms with Gasteiger partial charge in [0.1, 0.15) is 5.82 Å². The van der Waals surface area contributed by atoms with Gasteiger partial charge in [-0.3, -0.25) is 4.79 Å². The number of likely N-dealkylation sites (N-methyl/N-ethyl adjacent to an activating group) is 1. The van der Waals surface area contributed by atoms with Gasteiger partial charge in [0, 0.05) is 38.1 Å². The summed E-state index contributed by atoms with van der Waals surface area (Å²) in [5.41, 5.74) is 1.53. The number of piperazine rings is 1. The van der Waals surface area contributed by atoms with Gasteiger partial charge in [-0.1, -0.05) is 6.92 Å². The number of rotatable bonds is 5. The van der Waals surface area contributed by atoms with Crippen molar-refractivity contribution in [3.63, 3.8) is 0 Å². The summed E-state index contributed by atoms with van der Waals surface area (Å²) in [5.74, 6) is 0.243. The van der Waals surface area contributed by atoms with Crippen molar-refractivity contribution in [1.29, 1.82) is 0 Å². The molecule has 0 bridgehead atoms. The average molecular weight is 368 g/mol. The van der Waals surface area contributed by atoms with Crippen LogP contribution in [-0.2, 0) is 4.74 Å². The molecule has 0 spiro atoms. The molecule has 0 unspecified atom stereocenters. The SMILES string of the molecule is CCN1CCN(c2ccc(C(=O)Nc3ccc(C(=O)OC)cc3)cn2)CC1. The van der Waals surface area contributed by atoms with Gasteiger partial charge in [-0.2, -0.15) is 0 Å². The first-order valence-electron chi connectivity index (χ1n) is 9.04. The smallest absolute Gasteiger partial charge is 0.337 e. The number of anilines is 2. The molecule has 3 rings (SSSR count). The predicted molar refractivity (Wildman–Crippen MR) is 104 cm³/mol. The summed E-state index contributed by atoms with van der Waals surface area (Å²) < 4.78 is 4.66. The molecule has 0 radical (unpaired) electrons. The van der Waals surface area contributed by atoms with Crippen molar-refractivity contribution < 1.29 is 14.3 Å². The third-order valence-corrected chi connectivity index (χ3v) is 4.72. The summed E-state index contributed by atoms with van der Waals surface area (Å²) >= 11 is 0. The molecule has 1 aliphatic heterocycles. The van der Waals surface area contributed by atoms with Crippen LogP contribution in [-0.4, -0.2) is 61.6 Å². The number of benzene rings is 1. The molecule has 7 heteroatoms. The Morgan fingerprint density at radius 3 is 2.26 bits per heavy atom. The highest BCUT2D eigenvalue weighted by Gasteiger charge is 2.17. The maximum absolute atomic E-state index is 12.4. The fourth-order valence-corrected chi connectivity index (χ4v) is 3.01. The molecule has 0 atom stereocenters. The second-order valence-corrected chi connectivity index (χ2v) is 6.35. The first kappa shape index (κ1) is 18.8. The van der Waals surface area contributed by atoms with Crippen LogP contribution in [0.5, 0.6) is 0 Å². The van der Waals surface area contributed by atoms with Crippen LogP contribution < -0.4 is 10.2 Å². The van der Waals surface area contributed by atoms with Crippen LogP contribution in [0.2, 0.25) is 0 Å². The lowest BCUT2D eigenvalue weighted by Gasteiger charge is -2.34. The van der Waals surface area contributed by atoms with Gasteiger partial charge in [-0.15, -0.1) is 0 Å². The van der Waals surface area contributed by atoms with Crippen LogP contribution in [0.25, 0.3) is 0 Å². The van der Waals surface area contributed by atoms with E-state index in [2.05, 4.69) is 31.8 Å². The summed E-state index contributed by atoms with van der Waals surface area (Å²) in [6, 6.07) is 10.2. The highest BCUT2D eigenvalue weighted by molar-refractivity contribution is 6.04. The van der Waals surface area contributed by atoms with Gasteiger partial charge in [-0.05, 0) is 42.9 Å². The molecule has 1 amide bonds. The van der Waals surface area contributed by atoms with Gasteiger partial charge in [0.2, 0.25) is 0 Å².